The molecule has 4 heteroatoms. The quantitative estimate of drug-likeness (QED) is 0.821. The van der Waals surface area contributed by atoms with E-state index >= 15 is 0 Å². The van der Waals surface area contributed by atoms with E-state index in [1.165, 1.54) is 37.7 Å². The topological polar surface area (TPSA) is 29.9 Å². The van der Waals surface area contributed by atoms with Crippen LogP contribution in [-0.2, 0) is 13.6 Å². The molecule has 1 fully saturated rings. The van der Waals surface area contributed by atoms with Gasteiger partial charge in [0.25, 0.3) is 0 Å². The Morgan fingerprint density at radius 3 is 2.75 bits per heavy atom. The van der Waals surface area contributed by atoms with Gasteiger partial charge in [0.15, 0.2) is 0 Å². The van der Waals surface area contributed by atoms with Gasteiger partial charge in [0.2, 0.25) is 0 Å². The van der Waals surface area contributed by atoms with Gasteiger partial charge in [-0.3, -0.25) is 4.68 Å². The van der Waals surface area contributed by atoms with Crippen molar-refractivity contribution >= 4 is 11.6 Å². The van der Waals surface area contributed by atoms with Gasteiger partial charge in [-0.25, -0.2) is 0 Å². The molecule has 1 saturated carbocycles. The Bertz CT molecular complexity index is 329. The van der Waals surface area contributed by atoms with Crippen LogP contribution in [0.1, 0.15) is 37.7 Å². The molecule has 0 bridgehead atoms. The Kier molecular flexibility index (Phi) is 3.87. The second-order valence-corrected chi connectivity index (χ2v) is 5.12. The normalized spacial score (nSPS) is 19.9. The molecule has 0 amide bonds. The van der Waals surface area contributed by atoms with E-state index in [4.69, 9.17) is 11.6 Å². The SMILES string of the molecule is Cn1cc(CNC2(CCl)CCCCC2)cn1. The lowest BCUT2D eigenvalue weighted by molar-refractivity contribution is 0.256. The Balaban J connectivity index is 1.91. The maximum Gasteiger partial charge on any atom is 0.0534 e. The second-order valence-electron chi connectivity index (χ2n) is 4.85. The van der Waals surface area contributed by atoms with Gasteiger partial charge in [-0.05, 0) is 12.8 Å². The lowest BCUT2D eigenvalue weighted by atomic mass is 9.83. The minimum absolute atomic E-state index is 0.162. The molecule has 1 aromatic heterocycles. The van der Waals surface area contributed by atoms with Gasteiger partial charge in [-0.15, -0.1) is 11.6 Å². The molecular weight excluding hydrogens is 222 g/mol. The molecule has 0 unspecified atom stereocenters. The van der Waals surface area contributed by atoms with E-state index in [1.54, 1.807) is 0 Å². The van der Waals surface area contributed by atoms with Gasteiger partial charge in [-0.1, -0.05) is 19.3 Å². The second kappa shape index (κ2) is 5.19. The monoisotopic (exact) mass is 241 g/mol. The average Bonchev–Trinajstić information content (AvgIpc) is 2.74. The molecular formula is C12H20ClN3. The summed E-state index contributed by atoms with van der Waals surface area (Å²) in [7, 11) is 1.95. The molecule has 2 rings (SSSR count). The van der Waals surface area contributed by atoms with E-state index in [1.807, 2.05) is 17.9 Å². The lowest BCUT2D eigenvalue weighted by Crippen LogP contribution is -2.47. The van der Waals surface area contributed by atoms with E-state index < -0.39 is 0 Å². The van der Waals surface area contributed by atoms with Crippen molar-refractivity contribution in [3.8, 4) is 0 Å². The summed E-state index contributed by atoms with van der Waals surface area (Å²) >= 11 is 6.13. The number of rotatable bonds is 4. The Hall–Kier alpha value is -0.540. The van der Waals surface area contributed by atoms with Crippen molar-refractivity contribution in [1.29, 1.82) is 0 Å². The minimum Gasteiger partial charge on any atom is -0.306 e. The standard InChI is InChI=1S/C12H20ClN3/c1-16-9-11(8-15-16)7-14-12(10-13)5-3-2-4-6-12/h8-9,14H,2-7,10H2,1H3. The van der Waals surface area contributed by atoms with Crippen LogP contribution in [0, 0.1) is 0 Å². The Morgan fingerprint density at radius 2 is 2.19 bits per heavy atom. The smallest absolute Gasteiger partial charge is 0.0534 e. The highest BCUT2D eigenvalue weighted by Crippen LogP contribution is 2.29. The van der Waals surface area contributed by atoms with Gasteiger partial charge in [0.05, 0.1) is 6.20 Å². The number of hydrogen-bond acceptors (Lipinski definition) is 2. The maximum atomic E-state index is 6.13. The van der Waals surface area contributed by atoms with E-state index in [0.717, 1.165) is 6.54 Å². The molecule has 1 N–H and O–H groups in total. The van der Waals surface area contributed by atoms with Gasteiger partial charge >= 0.3 is 0 Å². The number of aromatic nitrogens is 2. The first-order valence-electron chi connectivity index (χ1n) is 6.03. The highest BCUT2D eigenvalue weighted by atomic mass is 35.5. The van der Waals surface area contributed by atoms with E-state index in [9.17, 15) is 0 Å². The highest BCUT2D eigenvalue weighted by molar-refractivity contribution is 6.18. The van der Waals surface area contributed by atoms with Crippen molar-refractivity contribution in [2.45, 2.75) is 44.2 Å². The highest BCUT2D eigenvalue weighted by Gasteiger charge is 2.30. The van der Waals surface area contributed by atoms with E-state index in [-0.39, 0.29) is 5.54 Å². The number of hydrogen-bond donors (Lipinski definition) is 1. The fourth-order valence-corrected chi connectivity index (χ4v) is 2.80. The van der Waals surface area contributed by atoms with Crippen LogP contribution in [0.4, 0.5) is 0 Å². The van der Waals surface area contributed by atoms with Crippen molar-refractivity contribution in [2.75, 3.05) is 5.88 Å². The van der Waals surface area contributed by atoms with Crippen LogP contribution in [0.3, 0.4) is 0 Å². The Labute approximate surface area is 102 Å². The third kappa shape index (κ3) is 2.77. The molecule has 0 saturated heterocycles. The summed E-state index contributed by atoms with van der Waals surface area (Å²) in [5.74, 6) is 0.716. The molecule has 0 aliphatic heterocycles. The zero-order chi connectivity index (χ0) is 11.4. The molecule has 1 aliphatic rings. The molecule has 1 aliphatic carbocycles. The van der Waals surface area contributed by atoms with E-state index in [0.29, 0.717) is 5.88 Å². The van der Waals surface area contributed by atoms with Crippen LogP contribution < -0.4 is 5.32 Å². The van der Waals surface area contributed by atoms with Crippen molar-refractivity contribution in [2.24, 2.45) is 7.05 Å². The van der Waals surface area contributed by atoms with Gasteiger partial charge in [0, 0.05) is 36.8 Å². The Morgan fingerprint density at radius 1 is 1.44 bits per heavy atom. The fraction of sp³-hybridized carbons (Fsp3) is 0.750. The third-order valence-corrected chi connectivity index (χ3v) is 4.00. The van der Waals surface area contributed by atoms with Gasteiger partial charge in [-0.2, -0.15) is 5.10 Å². The number of nitrogens with zero attached hydrogens (tertiary/aromatic N) is 2. The van der Waals surface area contributed by atoms with Crippen LogP contribution >= 0.6 is 11.6 Å². The summed E-state index contributed by atoms with van der Waals surface area (Å²) in [5.41, 5.74) is 1.40. The zero-order valence-electron chi connectivity index (χ0n) is 9.88. The molecule has 1 aromatic rings. The van der Waals surface area contributed by atoms with Crippen molar-refractivity contribution < 1.29 is 0 Å². The van der Waals surface area contributed by atoms with Crippen LogP contribution in [0.25, 0.3) is 0 Å². The summed E-state index contributed by atoms with van der Waals surface area (Å²) in [4.78, 5) is 0. The number of halogens is 1. The first-order chi connectivity index (χ1) is 7.74. The molecule has 0 aromatic carbocycles. The number of alkyl halides is 1. The number of aryl methyl sites for hydroxylation is 1. The first-order valence-corrected chi connectivity index (χ1v) is 6.56. The van der Waals surface area contributed by atoms with Crippen LogP contribution in [0.2, 0.25) is 0 Å². The zero-order valence-corrected chi connectivity index (χ0v) is 10.6. The molecule has 16 heavy (non-hydrogen) atoms. The van der Waals surface area contributed by atoms with Gasteiger partial charge in [0.1, 0.15) is 0 Å². The predicted molar refractivity (Wildman–Crippen MR) is 66.6 cm³/mol. The summed E-state index contributed by atoms with van der Waals surface area (Å²) in [6.45, 7) is 0.876. The van der Waals surface area contributed by atoms with Gasteiger partial charge < -0.3 is 5.32 Å². The van der Waals surface area contributed by atoms with Crippen molar-refractivity contribution in [3.63, 3.8) is 0 Å². The van der Waals surface area contributed by atoms with E-state index in [2.05, 4.69) is 16.6 Å². The molecule has 90 valence electrons. The summed E-state index contributed by atoms with van der Waals surface area (Å²) in [6.07, 6.45) is 10.3. The van der Waals surface area contributed by atoms with Crippen LogP contribution in [0.15, 0.2) is 12.4 Å². The van der Waals surface area contributed by atoms with Crippen molar-refractivity contribution in [1.82, 2.24) is 15.1 Å². The average molecular weight is 242 g/mol. The largest absolute Gasteiger partial charge is 0.306 e. The molecule has 0 radical (unpaired) electrons. The minimum atomic E-state index is 0.162. The third-order valence-electron chi connectivity index (χ3n) is 3.49. The van der Waals surface area contributed by atoms with Crippen LogP contribution in [-0.4, -0.2) is 21.2 Å². The van der Waals surface area contributed by atoms with Crippen LogP contribution in [0.5, 0.6) is 0 Å². The summed E-state index contributed by atoms with van der Waals surface area (Å²) in [5, 5.41) is 7.80. The summed E-state index contributed by atoms with van der Waals surface area (Å²) < 4.78 is 1.84. The molecule has 3 nitrogen and oxygen atoms in total. The molecule has 0 atom stereocenters. The predicted octanol–water partition coefficient (Wildman–Crippen LogP) is 2.45. The van der Waals surface area contributed by atoms with Crippen molar-refractivity contribution in [3.05, 3.63) is 18.0 Å². The molecule has 0 spiro atoms. The fourth-order valence-electron chi connectivity index (χ4n) is 2.44. The summed E-state index contributed by atoms with van der Waals surface area (Å²) in [6, 6.07) is 0. The molecule has 1 heterocycles. The maximum absolute atomic E-state index is 6.13. The lowest BCUT2D eigenvalue weighted by Gasteiger charge is -2.36. The first kappa shape index (κ1) is 11.9. The number of nitrogens with one attached hydrogen (secondary N) is 1.